The second-order valence-electron chi connectivity index (χ2n) is 7.44. The zero-order valence-electron chi connectivity index (χ0n) is 18.5. The van der Waals surface area contributed by atoms with E-state index in [0.717, 1.165) is 29.5 Å². The number of thiazole rings is 1. The normalized spacial score (nSPS) is 12.7. The predicted molar refractivity (Wildman–Crippen MR) is 126 cm³/mol. The molecule has 0 N–H and O–H groups in total. The summed E-state index contributed by atoms with van der Waals surface area (Å²) in [5.74, 6) is -0.388. The Morgan fingerprint density at radius 2 is 1.68 bits per heavy atom. The van der Waals surface area contributed by atoms with Gasteiger partial charge in [-0.15, -0.1) is 0 Å². The van der Waals surface area contributed by atoms with Crippen molar-refractivity contribution in [3.8, 4) is 0 Å². The maximum absolute atomic E-state index is 12.9. The van der Waals surface area contributed by atoms with Gasteiger partial charge in [0.1, 0.15) is 0 Å². The number of amides is 1. The molecule has 1 heterocycles. The smallest absolute Gasteiger partial charge is 0.279 e. The molecule has 0 unspecified atom stereocenters. The number of sulfonamides is 1. The van der Waals surface area contributed by atoms with E-state index in [1.807, 2.05) is 31.5 Å². The lowest BCUT2D eigenvalue weighted by Gasteiger charge is -2.21. The van der Waals surface area contributed by atoms with Gasteiger partial charge in [0.2, 0.25) is 10.0 Å². The van der Waals surface area contributed by atoms with Crippen molar-refractivity contribution in [1.82, 2.24) is 8.87 Å². The monoisotopic (exact) mass is 459 g/mol. The van der Waals surface area contributed by atoms with Crippen LogP contribution in [0.1, 0.15) is 49.5 Å². The van der Waals surface area contributed by atoms with Crippen molar-refractivity contribution in [3.05, 3.63) is 58.4 Å². The molecular weight excluding hydrogens is 430 g/mol. The molecule has 0 aliphatic heterocycles. The molecule has 2 aromatic carbocycles. The first-order valence-electron chi connectivity index (χ1n) is 10.6. The summed E-state index contributed by atoms with van der Waals surface area (Å²) < 4.78 is 30.3. The average molecular weight is 460 g/mol. The lowest BCUT2D eigenvalue weighted by Crippen LogP contribution is -2.32. The molecule has 1 amide bonds. The van der Waals surface area contributed by atoms with E-state index in [1.54, 1.807) is 0 Å². The Morgan fingerprint density at radius 3 is 2.26 bits per heavy atom. The largest absolute Gasteiger partial charge is 0.319 e. The Labute approximate surface area is 187 Å². The fourth-order valence-corrected chi connectivity index (χ4v) is 6.13. The molecule has 3 rings (SSSR count). The van der Waals surface area contributed by atoms with Gasteiger partial charge in [-0.1, -0.05) is 38.2 Å². The lowest BCUT2D eigenvalue weighted by atomic mass is 10.2. The summed E-state index contributed by atoms with van der Waals surface area (Å²) in [6.45, 7) is 6.98. The van der Waals surface area contributed by atoms with E-state index in [0.29, 0.717) is 23.5 Å². The highest BCUT2D eigenvalue weighted by molar-refractivity contribution is 7.89. The quantitative estimate of drug-likeness (QED) is 0.503. The molecule has 0 aliphatic rings. The average Bonchev–Trinajstić information content (AvgIpc) is 3.08. The van der Waals surface area contributed by atoms with E-state index in [4.69, 9.17) is 0 Å². The van der Waals surface area contributed by atoms with Gasteiger partial charge >= 0.3 is 0 Å². The highest BCUT2D eigenvalue weighted by atomic mass is 32.2. The molecule has 0 bridgehead atoms. The number of nitrogens with zero attached hydrogens (tertiary/aromatic N) is 3. The first-order valence-corrected chi connectivity index (χ1v) is 12.8. The van der Waals surface area contributed by atoms with Gasteiger partial charge in [-0.25, -0.2) is 8.42 Å². The highest BCUT2D eigenvalue weighted by Crippen LogP contribution is 2.20. The van der Waals surface area contributed by atoms with Gasteiger partial charge in [-0.3, -0.25) is 4.79 Å². The maximum atomic E-state index is 12.9. The lowest BCUT2D eigenvalue weighted by molar-refractivity contribution is 0.0998. The SMILES string of the molecule is CCCN(CCC)S(=O)(=O)c1ccc(C(=O)N=c2sc3cc(CC)ccc3n2C)cc1. The third-order valence-electron chi connectivity index (χ3n) is 5.16. The standard InChI is InChI=1S/C23H29N3O3S2/c1-5-14-26(15-6-2)31(28,29)19-11-9-18(10-12-19)22(27)24-23-25(4)20-13-8-17(7-3)16-21(20)30-23/h8-13,16H,5-7,14-15H2,1-4H3. The molecule has 1 aromatic heterocycles. The van der Waals surface area contributed by atoms with Crippen LogP contribution in [0.2, 0.25) is 0 Å². The van der Waals surface area contributed by atoms with Gasteiger partial charge in [0.15, 0.2) is 4.80 Å². The summed E-state index contributed by atoms with van der Waals surface area (Å²) in [4.78, 5) is 17.8. The zero-order valence-corrected chi connectivity index (χ0v) is 20.1. The molecule has 166 valence electrons. The van der Waals surface area contributed by atoms with Crippen LogP contribution in [-0.2, 0) is 23.5 Å². The van der Waals surface area contributed by atoms with Crippen LogP contribution in [-0.4, -0.2) is 36.3 Å². The fraction of sp³-hybridized carbons (Fsp3) is 0.391. The van der Waals surface area contributed by atoms with E-state index in [2.05, 4.69) is 24.0 Å². The zero-order chi connectivity index (χ0) is 22.6. The first kappa shape index (κ1) is 23.4. The van der Waals surface area contributed by atoms with Crippen LogP contribution >= 0.6 is 11.3 Å². The van der Waals surface area contributed by atoms with Crippen molar-refractivity contribution in [1.29, 1.82) is 0 Å². The molecule has 0 atom stereocenters. The van der Waals surface area contributed by atoms with Crippen molar-refractivity contribution in [3.63, 3.8) is 0 Å². The van der Waals surface area contributed by atoms with Gasteiger partial charge in [0.05, 0.1) is 15.1 Å². The molecule has 8 heteroatoms. The molecule has 0 spiro atoms. The van der Waals surface area contributed by atoms with Gasteiger partial charge in [-0.05, 0) is 61.2 Å². The maximum Gasteiger partial charge on any atom is 0.279 e. The third-order valence-corrected chi connectivity index (χ3v) is 8.17. The molecule has 0 saturated carbocycles. The number of aromatic nitrogens is 1. The van der Waals surface area contributed by atoms with Crippen LogP contribution in [0, 0.1) is 0 Å². The molecule has 0 radical (unpaired) electrons. The number of carbonyl (C=O) groups is 1. The van der Waals surface area contributed by atoms with Crippen molar-refractivity contribution >= 4 is 37.5 Å². The summed E-state index contributed by atoms with van der Waals surface area (Å²) in [5, 5.41) is 0. The third kappa shape index (κ3) is 4.97. The van der Waals surface area contributed by atoms with Crippen LogP contribution < -0.4 is 4.80 Å². The number of benzene rings is 2. The van der Waals surface area contributed by atoms with E-state index in [-0.39, 0.29) is 10.8 Å². The Morgan fingerprint density at radius 1 is 1.03 bits per heavy atom. The molecule has 6 nitrogen and oxygen atoms in total. The van der Waals surface area contributed by atoms with E-state index >= 15 is 0 Å². The highest BCUT2D eigenvalue weighted by Gasteiger charge is 2.23. The predicted octanol–water partition coefficient (Wildman–Crippen LogP) is 4.35. The molecule has 0 fully saturated rings. The van der Waals surface area contributed by atoms with Crippen molar-refractivity contribution in [2.75, 3.05) is 13.1 Å². The fourth-order valence-electron chi connectivity index (χ4n) is 3.43. The van der Waals surface area contributed by atoms with E-state index in [9.17, 15) is 13.2 Å². The number of hydrogen-bond acceptors (Lipinski definition) is 4. The van der Waals surface area contributed by atoms with Gasteiger partial charge in [0.25, 0.3) is 5.91 Å². The number of carbonyl (C=O) groups excluding carboxylic acids is 1. The molecule has 31 heavy (non-hydrogen) atoms. The van der Waals surface area contributed by atoms with Crippen LogP contribution in [0.3, 0.4) is 0 Å². The van der Waals surface area contributed by atoms with E-state index in [1.165, 1.54) is 45.5 Å². The minimum atomic E-state index is -3.57. The summed E-state index contributed by atoms with van der Waals surface area (Å²) in [6, 6.07) is 12.3. The number of rotatable bonds is 8. The summed E-state index contributed by atoms with van der Waals surface area (Å²) >= 11 is 1.47. The minimum absolute atomic E-state index is 0.200. The van der Waals surface area contributed by atoms with Crippen LogP contribution in [0.15, 0.2) is 52.4 Å². The molecular formula is C23H29N3O3S2. The van der Waals surface area contributed by atoms with Crippen LogP contribution in [0.25, 0.3) is 10.2 Å². The summed E-state index contributed by atoms with van der Waals surface area (Å²) in [5.41, 5.74) is 2.63. The van der Waals surface area contributed by atoms with Crippen LogP contribution in [0.5, 0.6) is 0 Å². The minimum Gasteiger partial charge on any atom is -0.319 e. The van der Waals surface area contributed by atoms with Gasteiger partial charge in [-0.2, -0.15) is 9.30 Å². The van der Waals surface area contributed by atoms with Crippen molar-refractivity contribution in [2.45, 2.75) is 44.9 Å². The Bertz CT molecular complexity index is 1230. The molecule has 3 aromatic rings. The second kappa shape index (κ2) is 9.89. The Kier molecular flexibility index (Phi) is 7.46. The number of aryl methyl sites for hydroxylation is 2. The summed E-state index contributed by atoms with van der Waals surface area (Å²) in [7, 11) is -1.68. The van der Waals surface area contributed by atoms with Crippen molar-refractivity contribution in [2.24, 2.45) is 12.0 Å². The first-order chi connectivity index (χ1) is 14.8. The van der Waals surface area contributed by atoms with Gasteiger partial charge < -0.3 is 4.57 Å². The summed E-state index contributed by atoms with van der Waals surface area (Å²) in [6.07, 6.45) is 2.45. The Hall–Kier alpha value is -2.29. The van der Waals surface area contributed by atoms with Crippen LogP contribution in [0.4, 0.5) is 0 Å². The van der Waals surface area contributed by atoms with E-state index < -0.39 is 10.0 Å². The number of fused-ring (bicyclic) bond motifs is 1. The molecule has 0 saturated heterocycles. The van der Waals surface area contributed by atoms with Crippen molar-refractivity contribution < 1.29 is 13.2 Å². The topological polar surface area (TPSA) is 71.7 Å². The van der Waals surface area contributed by atoms with Gasteiger partial charge in [0, 0.05) is 25.7 Å². The number of hydrogen-bond donors (Lipinski definition) is 0. The molecule has 0 aliphatic carbocycles. The Balaban J connectivity index is 1.90. The second-order valence-corrected chi connectivity index (χ2v) is 10.4.